The quantitative estimate of drug-likeness (QED) is 0.840. The third-order valence-corrected chi connectivity index (χ3v) is 4.19. The number of ether oxygens (including phenoxy) is 2. The van der Waals surface area contributed by atoms with Crippen LogP contribution in [-0.2, 0) is 11.2 Å². The highest BCUT2D eigenvalue weighted by Gasteiger charge is 2.22. The second-order valence-electron chi connectivity index (χ2n) is 6.18. The van der Waals surface area contributed by atoms with Crippen LogP contribution in [0.5, 0.6) is 11.5 Å². The van der Waals surface area contributed by atoms with Crippen LogP contribution < -0.4 is 14.8 Å². The highest BCUT2D eigenvalue weighted by Crippen LogP contribution is 2.33. The van der Waals surface area contributed by atoms with E-state index in [1.165, 1.54) is 0 Å². The molecule has 0 aromatic heterocycles. The maximum absolute atomic E-state index is 12.8. The van der Waals surface area contributed by atoms with Gasteiger partial charge in [0.15, 0.2) is 11.5 Å². The second kappa shape index (κ2) is 8.53. The van der Waals surface area contributed by atoms with Crippen molar-refractivity contribution in [3.63, 3.8) is 0 Å². The Labute approximate surface area is 149 Å². The SMILES string of the molecule is COc1cc(C)c(NC(=O)C(Cc2ccccc2)N(C)C)cc1OC. The summed E-state index contributed by atoms with van der Waals surface area (Å²) in [7, 11) is 7.00. The van der Waals surface area contributed by atoms with Gasteiger partial charge in [0.25, 0.3) is 0 Å². The molecule has 0 aliphatic carbocycles. The Morgan fingerprint density at radius 3 is 2.24 bits per heavy atom. The number of hydrogen-bond donors (Lipinski definition) is 1. The fourth-order valence-corrected chi connectivity index (χ4v) is 2.68. The number of carbonyl (C=O) groups excluding carboxylic acids is 1. The summed E-state index contributed by atoms with van der Waals surface area (Å²) in [5.41, 5.74) is 2.77. The van der Waals surface area contributed by atoms with Gasteiger partial charge in [-0.1, -0.05) is 30.3 Å². The van der Waals surface area contributed by atoms with Gasteiger partial charge in [0.1, 0.15) is 0 Å². The minimum absolute atomic E-state index is 0.0517. The minimum Gasteiger partial charge on any atom is -0.493 e. The molecule has 0 saturated carbocycles. The van der Waals surface area contributed by atoms with E-state index < -0.39 is 0 Å². The Hall–Kier alpha value is -2.53. The second-order valence-corrected chi connectivity index (χ2v) is 6.18. The molecule has 0 bridgehead atoms. The predicted octanol–water partition coefficient (Wildman–Crippen LogP) is 3.12. The van der Waals surface area contributed by atoms with Crippen LogP contribution in [0, 0.1) is 6.92 Å². The first-order valence-electron chi connectivity index (χ1n) is 8.20. The molecule has 2 aromatic carbocycles. The van der Waals surface area contributed by atoms with Gasteiger partial charge in [0.05, 0.1) is 20.3 Å². The third-order valence-electron chi connectivity index (χ3n) is 4.19. The molecule has 1 N–H and O–H groups in total. The standard InChI is InChI=1S/C20H26N2O3/c1-14-11-18(24-4)19(25-5)13-16(14)21-20(23)17(22(2)3)12-15-9-7-6-8-10-15/h6-11,13,17H,12H2,1-5H3,(H,21,23). The molecule has 0 fully saturated rings. The number of carbonyl (C=O) groups is 1. The van der Waals surface area contributed by atoms with E-state index in [1.54, 1.807) is 20.3 Å². The first kappa shape index (κ1) is 18.8. The van der Waals surface area contributed by atoms with Crippen molar-refractivity contribution in [2.75, 3.05) is 33.6 Å². The first-order valence-corrected chi connectivity index (χ1v) is 8.20. The Morgan fingerprint density at radius 2 is 1.68 bits per heavy atom. The third kappa shape index (κ3) is 4.73. The summed E-state index contributed by atoms with van der Waals surface area (Å²) in [6.07, 6.45) is 0.645. The van der Waals surface area contributed by atoms with E-state index in [4.69, 9.17) is 9.47 Å². The number of benzene rings is 2. The van der Waals surface area contributed by atoms with Crippen LogP contribution >= 0.6 is 0 Å². The number of amides is 1. The van der Waals surface area contributed by atoms with Gasteiger partial charge in [-0.2, -0.15) is 0 Å². The number of likely N-dealkylation sites (N-methyl/N-ethyl adjacent to an activating group) is 1. The molecule has 0 heterocycles. The number of aryl methyl sites for hydroxylation is 1. The molecular formula is C20H26N2O3. The van der Waals surface area contributed by atoms with E-state index in [1.807, 2.05) is 62.3 Å². The summed E-state index contributed by atoms with van der Waals surface area (Å²) in [6.45, 7) is 1.93. The Morgan fingerprint density at radius 1 is 1.08 bits per heavy atom. The molecule has 25 heavy (non-hydrogen) atoms. The molecule has 0 aliphatic rings. The van der Waals surface area contributed by atoms with Crippen LogP contribution in [0.25, 0.3) is 0 Å². The lowest BCUT2D eigenvalue weighted by molar-refractivity contribution is -0.120. The average Bonchev–Trinajstić information content (AvgIpc) is 2.61. The van der Waals surface area contributed by atoms with Crippen molar-refractivity contribution in [2.45, 2.75) is 19.4 Å². The molecule has 5 heteroatoms. The van der Waals surface area contributed by atoms with Gasteiger partial charge in [-0.25, -0.2) is 0 Å². The molecule has 0 aliphatic heterocycles. The van der Waals surface area contributed by atoms with Gasteiger partial charge in [0, 0.05) is 11.8 Å². The van der Waals surface area contributed by atoms with Crippen LogP contribution in [0.15, 0.2) is 42.5 Å². The maximum Gasteiger partial charge on any atom is 0.242 e. The van der Waals surface area contributed by atoms with Crippen LogP contribution in [-0.4, -0.2) is 45.2 Å². The summed E-state index contributed by atoms with van der Waals surface area (Å²) in [5.74, 6) is 1.18. The summed E-state index contributed by atoms with van der Waals surface area (Å²) in [4.78, 5) is 14.8. The highest BCUT2D eigenvalue weighted by atomic mass is 16.5. The molecule has 5 nitrogen and oxygen atoms in total. The summed E-state index contributed by atoms with van der Waals surface area (Å²) < 4.78 is 10.6. The van der Waals surface area contributed by atoms with E-state index in [0.29, 0.717) is 17.9 Å². The zero-order valence-corrected chi connectivity index (χ0v) is 15.5. The minimum atomic E-state index is -0.269. The Balaban J connectivity index is 2.21. The molecule has 1 amide bonds. The smallest absolute Gasteiger partial charge is 0.242 e. The van der Waals surface area contributed by atoms with E-state index in [0.717, 1.165) is 16.8 Å². The molecule has 0 saturated heterocycles. The van der Waals surface area contributed by atoms with Crippen molar-refractivity contribution < 1.29 is 14.3 Å². The maximum atomic E-state index is 12.8. The van der Waals surface area contributed by atoms with Gasteiger partial charge in [0.2, 0.25) is 5.91 Å². The topological polar surface area (TPSA) is 50.8 Å². The number of nitrogens with one attached hydrogen (secondary N) is 1. The Bertz CT molecular complexity index is 714. The van der Waals surface area contributed by atoms with Gasteiger partial charge in [-0.05, 0) is 44.6 Å². The summed E-state index contributed by atoms with van der Waals surface area (Å²) >= 11 is 0. The van der Waals surface area contributed by atoms with Crippen molar-refractivity contribution in [3.05, 3.63) is 53.6 Å². The first-order chi connectivity index (χ1) is 12.0. The van der Waals surface area contributed by atoms with E-state index in [-0.39, 0.29) is 11.9 Å². The van der Waals surface area contributed by atoms with Crippen LogP contribution in [0.4, 0.5) is 5.69 Å². The molecule has 0 radical (unpaired) electrons. The lowest BCUT2D eigenvalue weighted by Gasteiger charge is -2.24. The van der Waals surface area contributed by atoms with Crippen molar-refractivity contribution in [2.24, 2.45) is 0 Å². The van der Waals surface area contributed by atoms with E-state index in [9.17, 15) is 4.79 Å². The van der Waals surface area contributed by atoms with Crippen LogP contribution in [0.3, 0.4) is 0 Å². The molecule has 2 rings (SSSR count). The monoisotopic (exact) mass is 342 g/mol. The predicted molar refractivity (Wildman–Crippen MR) is 101 cm³/mol. The van der Waals surface area contributed by atoms with Crippen molar-refractivity contribution in [1.29, 1.82) is 0 Å². The van der Waals surface area contributed by atoms with Gasteiger partial charge in [-0.15, -0.1) is 0 Å². The van der Waals surface area contributed by atoms with Gasteiger partial charge >= 0.3 is 0 Å². The van der Waals surface area contributed by atoms with Gasteiger partial charge in [-0.3, -0.25) is 9.69 Å². The van der Waals surface area contributed by atoms with E-state index >= 15 is 0 Å². The van der Waals surface area contributed by atoms with Gasteiger partial charge < -0.3 is 14.8 Å². The van der Waals surface area contributed by atoms with Crippen molar-refractivity contribution >= 4 is 11.6 Å². The van der Waals surface area contributed by atoms with Crippen LogP contribution in [0.2, 0.25) is 0 Å². The fraction of sp³-hybridized carbons (Fsp3) is 0.350. The highest BCUT2D eigenvalue weighted by molar-refractivity contribution is 5.96. The zero-order valence-electron chi connectivity index (χ0n) is 15.5. The number of hydrogen-bond acceptors (Lipinski definition) is 4. The van der Waals surface area contributed by atoms with Crippen molar-refractivity contribution in [1.82, 2.24) is 4.90 Å². The number of methoxy groups -OCH3 is 2. The normalized spacial score (nSPS) is 11.9. The molecule has 1 atom stereocenters. The summed E-state index contributed by atoms with van der Waals surface area (Å²) in [6, 6.07) is 13.4. The van der Waals surface area contributed by atoms with Crippen molar-refractivity contribution in [3.8, 4) is 11.5 Å². The number of anilines is 1. The number of nitrogens with zero attached hydrogens (tertiary/aromatic N) is 1. The van der Waals surface area contributed by atoms with Crippen LogP contribution in [0.1, 0.15) is 11.1 Å². The molecule has 1 unspecified atom stereocenters. The lowest BCUT2D eigenvalue weighted by Crippen LogP contribution is -2.41. The largest absolute Gasteiger partial charge is 0.493 e. The zero-order chi connectivity index (χ0) is 18.4. The molecule has 2 aromatic rings. The Kier molecular flexibility index (Phi) is 6.42. The number of rotatable bonds is 7. The van der Waals surface area contributed by atoms with E-state index in [2.05, 4.69) is 5.32 Å². The molecule has 134 valence electrons. The molecular weight excluding hydrogens is 316 g/mol. The molecule has 0 spiro atoms. The fourth-order valence-electron chi connectivity index (χ4n) is 2.68. The lowest BCUT2D eigenvalue weighted by atomic mass is 10.0. The average molecular weight is 342 g/mol. The summed E-state index contributed by atoms with van der Waals surface area (Å²) in [5, 5.41) is 3.02.